The minimum absolute atomic E-state index is 0.670. The molecule has 2 aromatic carbocycles. The highest BCUT2D eigenvalue weighted by atomic mass is 16.5. The van der Waals surface area contributed by atoms with E-state index in [1.807, 2.05) is 42.5 Å². The summed E-state index contributed by atoms with van der Waals surface area (Å²) < 4.78 is 14.1. The monoisotopic (exact) mass is 333 g/mol. The van der Waals surface area contributed by atoms with Crippen LogP contribution in [0.3, 0.4) is 0 Å². The quantitative estimate of drug-likeness (QED) is 0.529. The van der Waals surface area contributed by atoms with E-state index in [9.17, 15) is 0 Å². The van der Waals surface area contributed by atoms with Crippen LogP contribution in [0, 0.1) is 0 Å². The third kappa shape index (κ3) is 2.71. The maximum absolute atomic E-state index is 6.00. The number of ether oxygens (including phenoxy) is 1. The molecule has 4 nitrogen and oxygen atoms in total. The van der Waals surface area contributed by atoms with E-state index in [1.165, 1.54) is 0 Å². The van der Waals surface area contributed by atoms with Gasteiger partial charge in [-0.3, -0.25) is 0 Å². The van der Waals surface area contributed by atoms with Crippen LogP contribution in [0.2, 0.25) is 0 Å². The minimum Gasteiger partial charge on any atom is -0.432 e. The second-order valence-corrected chi connectivity index (χ2v) is 5.88. The first kappa shape index (κ1) is 15.6. The highest BCUT2D eigenvalue weighted by Crippen LogP contribution is 2.37. The van der Waals surface area contributed by atoms with Gasteiger partial charge in [0.05, 0.1) is 12.1 Å². The van der Waals surface area contributed by atoms with E-state index in [4.69, 9.17) is 9.15 Å². The van der Waals surface area contributed by atoms with Crippen LogP contribution in [0.25, 0.3) is 11.1 Å². The molecule has 0 N–H and O–H groups in total. The van der Waals surface area contributed by atoms with Gasteiger partial charge in [-0.05, 0) is 38.1 Å². The van der Waals surface area contributed by atoms with E-state index in [-0.39, 0.29) is 0 Å². The van der Waals surface area contributed by atoms with E-state index in [0.29, 0.717) is 6.42 Å². The Morgan fingerprint density at radius 2 is 1.88 bits per heavy atom. The Morgan fingerprint density at radius 3 is 2.72 bits per heavy atom. The number of allylic oxidation sites excluding steroid dienone is 1. The highest BCUT2D eigenvalue weighted by molar-refractivity contribution is 5.68. The van der Waals surface area contributed by atoms with Gasteiger partial charge in [0.15, 0.2) is 5.75 Å². The minimum atomic E-state index is 0.670. The molecule has 0 spiro atoms. The first-order valence-electron chi connectivity index (χ1n) is 8.71. The van der Waals surface area contributed by atoms with E-state index in [0.717, 1.165) is 47.4 Å². The Kier molecular flexibility index (Phi) is 4.04. The largest absolute Gasteiger partial charge is 0.432 e. The van der Waals surface area contributed by atoms with Crippen LogP contribution in [0.5, 0.6) is 5.75 Å². The predicted octanol–water partition coefficient (Wildman–Crippen LogP) is 4.20. The second-order valence-electron chi connectivity index (χ2n) is 5.88. The smallest absolute Gasteiger partial charge is 0.352 e. The van der Waals surface area contributed by atoms with Crippen LogP contribution >= 0.6 is 0 Å². The number of rotatable bonds is 4. The molecular formula is C21H21N2O2+. The molecule has 0 fully saturated rings. The van der Waals surface area contributed by atoms with E-state index < -0.39 is 0 Å². The number of nitrogens with zero attached hydrogens (tertiary/aromatic N) is 2. The number of para-hydroxylation sites is 4. The fourth-order valence-electron chi connectivity index (χ4n) is 3.26. The van der Waals surface area contributed by atoms with E-state index in [1.54, 1.807) is 0 Å². The van der Waals surface area contributed by atoms with Crippen molar-refractivity contribution in [2.75, 3.05) is 11.4 Å². The SMILES string of the molecule is CCN1C(=C=CCc2oc3ccccc3[n+]2CC)Oc2ccccc21. The summed E-state index contributed by atoms with van der Waals surface area (Å²) in [4.78, 5) is 2.12. The zero-order valence-corrected chi connectivity index (χ0v) is 14.5. The van der Waals surface area contributed by atoms with Crippen LogP contribution in [0.4, 0.5) is 5.69 Å². The molecule has 25 heavy (non-hydrogen) atoms. The summed E-state index contributed by atoms with van der Waals surface area (Å²) in [6, 6.07) is 16.2. The normalized spacial score (nSPS) is 12.9. The zero-order valence-electron chi connectivity index (χ0n) is 14.5. The van der Waals surface area contributed by atoms with Crippen molar-refractivity contribution >= 4 is 16.8 Å². The van der Waals surface area contributed by atoms with Crippen LogP contribution < -0.4 is 14.2 Å². The van der Waals surface area contributed by atoms with Gasteiger partial charge in [0.25, 0.3) is 5.52 Å². The van der Waals surface area contributed by atoms with Gasteiger partial charge in [-0.1, -0.05) is 30.0 Å². The number of anilines is 1. The van der Waals surface area contributed by atoms with Gasteiger partial charge in [0.1, 0.15) is 6.54 Å². The lowest BCUT2D eigenvalue weighted by Gasteiger charge is -2.13. The average molecular weight is 333 g/mol. The van der Waals surface area contributed by atoms with Gasteiger partial charge in [-0.25, -0.2) is 0 Å². The van der Waals surface area contributed by atoms with E-state index >= 15 is 0 Å². The third-order valence-electron chi connectivity index (χ3n) is 4.43. The first-order valence-corrected chi connectivity index (χ1v) is 8.71. The van der Waals surface area contributed by atoms with Crippen molar-refractivity contribution in [3.8, 4) is 5.75 Å². The number of benzene rings is 2. The number of aromatic nitrogens is 1. The summed E-state index contributed by atoms with van der Waals surface area (Å²) in [5.74, 6) is 2.55. The summed E-state index contributed by atoms with van der Waals surface area (Å²) in [5.41, 5.74) is 6.43. The molecule has 4 rings (SSSR count). The molecule has 0 saturated heterocycles. The van der Waals surface area contributed by atoms with Gasteiger partial charge >= 0.3 is 5.89 Å². The second kappa shape index (κ2) is 6.50. The number of hydrogen-bond acceptors (Lipinski definition) is 3. The standard InChI is InChI=1S/C21H21N2O2/c1-3-22-16-10-5-7-12-18(16)24-20(22)14-9-15-21-23(4-2)17-11-6-8-13-19(17)25-21/h5-13H,3-4,14H2,1-2H3/q+1. The molecule has 0 aliphatic carbocycles. The van der Waals surface area contributed by atoms with Crippen molar-refractivity contribution in [3.63, 3.8) is 0 Å². The lowest BCUT2D eigenvalue weighted by molar-refractivity contribution is -0.680. The molecule has 0 atom stereocenters. The first-order chi connectivity index (χ1) is 12.3. The van der Waals surface area contributed by atoms with Crippen molar-refractivity contribution in [2.45, 2.75) is 26.8 Å². The summed E-state index contributed by atoms with van der Waals surface area (Å²) in [7, 11) is 0. The molecule has 4 heteroatoms. The van der Waals surface area contributed by atoms with Crippen molar-refractivity contribution in [2.24, 2.45) is 0 Å². The van der Waals surface area contributed by atoms with Crippen molar-refractivity contribution in [1.82, 2.24) is 0 Å². The molecule has 1 aliphatic rings. The van der Waals surface area contributed by atoms with Gasteiger partial charge in [0.2, 0.25) is 11.5 Å². The number of oxazole rings is 1. The zero-order chi connectivity index (χ0) is 17.2. The van der Waals surface area contributed by atoms with Gasteiger partial charge in [0, 0.05) is 12.6 Å². The molecule has 3 aromatic rings. The van der Waals surface area contributed by atoms with Crippen molar-refractivity contribution in [1.29, 1.82) is 0 Å². The average Bonchev–Trinajstić information content (AvgIpc) is 3.18. The van der Waals surface area contributed by atoms with Gasteiger partial charge in [-0.2, -0.15) is 4.57 Å². The summed E-state index contributed by atoms with van der Waals surface area (Å²) in [5, 5.41) is 0. The number of aryl methyl sites for hydroxylation is 1. The fraction of sp³-hybridized carbons (Fsp3) is 0.238. The van der Waals surface area contributed by atoms with Crippen LogP contribution in [-0.4, -0.2) is 6.54 Å². The maximum atomic E-state index is 6.00. The Morgan fingerprint density at radius 1 is 1.08 bits per heavy atom. The summed E-state index contributed by atoms with van der Waals surface area (Å²) >= 11 is 0. The molecule has 0 amide bonds. The maximum Gasteiger partial charge on any atom is 0.352 e. The lowest BCUT2D eigenvalue weighted by atomic mass is 10.3. The number of hydrogen-bond donors (Lipinski definition) is 0. The molecule has 0 bridgehead atoms. The Bertz CT molecular complexity index is 980. The Balaban J connectivity index is 1.64. The summed E-state index contributed by atoms with van der Waals surface area (Å²) in [6.45, 7) is 5.95. The van der Waals surface area contributed by atoms with E-state index in [2.05, 4.69) is 41.2 Å². The van der Waals surface area contributed by atoms with Crippen molar-refractivity contribution in [3.05, 3.63) is 72.1 Å². The Labute approximate surface area is 147 Å². The predicted molar refractivity (Wildman–Crippen MR) is 97.5 cm³/mol. The van der Waals surface area contributed by atoms with Crippen molar-refractivity contribution < 1.29 is 13.7 Å². The Hall–Kier alpha value is -2.97. The van der Waals surface area contributed by atoms with Gasteiger partial charge < -0.3 is 14.1 Å². The number of fused-ring (bicyclic) bond motifs is 2. The molecular weight excluding hydrogens is 312 g/mol. The van der Waals surface area contributed by atoms with Crippen LogP contribution in [0.15, 0.2) is 70.6 Å². The molecule has 126 valence electrons. The van der Waals surface area contributed by atoms with Crippen LogP contribution in [-0.2, 0) is 13.0 Å². The third-order valence-corrected chi connectivity index (χ3v) is 4.43. The fourth-order valence-corrected chi connectivity index (χ4v) is 3.26. The molecule has 0 radical (unpaired) electrons. The highest BCUT2D eigenvalue weighted by Gasteiger charge is 2.24. The molecule has 2 heterocycles. The summed E-state index contributed by atoms with van der Waals surface area (Å²) in [6.07, 6.45) is 2.65. The molecule has 1 aromatic heterocycles. The van der Waals surface area contributed by atoms with Crippen LogP contribution in [0.1, 0.15) is 19.7 Å². The molecule has 1 aliphatic heterocycles. The lowest BCUT2D eigenvalue weighted by Crippen LogP contribution is -2.34. The topological polar surface area (TPSA) is 29.5 Å². The molecule has 0 unspecified atom stereocenters. The molecule has 0 saturated carbocycles. The van der Waals surface area contributed by atoms with Gasteiger partial charge in [-0.15, -0.1) is 0 Å².